The van der Waals surface area contributed by atoms with E-state index in [1.165, 1.54) is 6.07 Å². The zero-order chi connectivity index (χ0) is 14.5. The van der Waals surface area contributed by atoms with Crippen molar-refractivity contribution in [2.24, 2.45) is 0 Å². The highest BCUT2D eigenvalue weighted by Gasteiger charge is 2.08. The Labute approximate surface area is 127 Å². The summed E-state index contributed by atoms with van der Waals surface area (Å²) in [6.07, 6.45) is 0. The predicted octanol–water partition coefficient (Wildman–Crippen LogP) is 4.81. The van der Waals surface area contributed by atoms with Gasteiger partial charge >= 0.3 is 0 Å². The van der Waals surface area contributed by atoms with Gasteiger partial charge in [-0.1, -0.05) is 17.7 Å². The molecule has 0 bridgehead atoms. The van der Waals surface area contributed by atoms with E-state index in [1.807, 2.05) is 0 Å². The van der Waals surface area contributed by atoms with Crippen molar-refractivity contribution in [3.05, 3.63) is 58.4 Å². The lowest BCUT2D eigenvalue weighted by molar-refractivity contribution is 0.282. The van der Waals surface area contributed by atoms with Gasteiger partial charge in [-0.2, -0.15) is 0 Å². The van der Waals surface area contributed by atoms with Crippen molar-refractivity contribution in [3.8, 4) is 11.5 Å². The molecule has 20 heavy (non-hydrogen) atoms. The molecule has 0 aliphatic rings. The van der Waals surface area contributed by atoms with E-state index in [0.29, 0.717) is 16.3 Å². The van der Waals surface area contributed by atoms with Crippen molar-refractivity contribution < 1.29 is 13.9 Å². The highest BCUT2D eigenvalue weighted by molar-refractivity contribution is 6.30. The van der Waals surface area contributed by atoms with Crippen molar-refractivity contribution in [3.63, 3.8) is 0 Å². The lowest BCUT2D eigenvalue weighted by Crippen LogP contribution is -2.00. The summed E-state index contributed by atoms with van der Waals surface area (Å²) in [5, 5.41) is 0.572. The van der Waals surface area contributed by atoms with Crippen LogP contribution < -0.4 is 9.47 Å². The van der Waals surface area contributed by atoms with Crippen LogP contribution in [0, 0.1) is 5.82 Å². The number of alkyl halides is 1. The molecule has 2 aromatic carbocycles. The van der Waals surface area contributed by atoms with Gasteiger partial charge < -0.3 is 9.47 Å². The topological polar surface area (TPSA) is 18.5 Å². The number of methoxy groups -OCH3 is 1. The monoisotopic (exact) mass is 314 g/mol. The molecule has 2 aromatic rings. The van der Waals surface area contributed by atoms with Crippen molar-refractivity contribution in [2.45, 2.75) is 12.5 Å². The van der Waals surface area contributed by atoms with Crippen LogP contribution in [-0.4, -0.2) is 7.11 Å². The van der Waals surface area contributed by atoms with Crippen molar-refractivity contribution in [1.82, 2.24) is 0 Å². The molecule has 0 aliphatic heterocycles. The summed E-state index contributed by atoms with van der Waals surface area (Å²) < 4.78 is 24.4. The summed E-state index contributed by atoms with van der Waals surface area (Å²) in [6, 6.07) is 9.83. The molecule has 2 rings (SSSR count). The second kappa shape index (κ2) is 6.82. The molecule has 106 valence electrons. The number of rotatable bonds is 5. The molecule has 0 aromatic heterocycles. The number of halogens is 3. The van der Waals surface area contributed by atoms with Crippen LogP contribution in [0.2, 0.25) is 5.02 Å². The van der Waals surface area contributed by atoms with Crippen LogP contribution in [-0.2, 0) is 12.5 Å². The predicted molar refractivity (Wildman–Crippen MR) is 78.3 cm³/mol. The molecular formula is C15H13Cl2FO2. The molecule has 5 heteroatoms. The Balaban J connectivity index is 2.14. The number of hydrogen-bond acceptors (Lipinski definition) is 2. The first-order valence-corrected chi connectivity index (χ1v) is 6.85. The Hall–Kier alpha value is -1.45. The van der Waals surface area contributed by atoms with E-state index in [0.717, 1.165) is 5.56 Å². The first kappa shape index (κ1) is 14.9. The lowest BCUT2D eigenvalue weighted by Gasteiger charge is -2.11. The summed E-state index contributed by atoms with van der Waals surface area (Å²) in [5.74, 6) is 0.636. The van der Waals surface area contributed by atoms with Crippen LogP contribution in [0.4, 0.5) is 4.39 Å². The normalized spacial score (nSPS) is 10.4. The van der Waals surface area contributed by atoms with Crippen LogP contribution in [0.3, 0.4) is 0 Å². The fraction of sp³-hybridized carbons (Fsp3) is 0.200. The van der Waals surface area contributed by atoms with Gasteiger partial charge in [0.2, 0.25) is 0 Å². The SMILES string of the molecule is COc1ccc(Cl)cc1COc1ccc(CCl)cc1F. The second-order valence-electron chi connectivity index (χ2n) is 4.14. The van der Waals surface area contributed by atoms with Crippen LogP contribution in [0.5, 0.6) is 11.5 Å². The summed E-state index contributed by atoms with van der Waals surface area (Å²) in [5.41, 5.74) is 1.46. The van der Waals surface area contributed by atoms with Crippen LogP contribution in [0.1, 0.15) is 11.1 Å². The van der Waals surface area contributed by atoms with Gasteiger partial charge in [0.25, 0.3) is 0 Å². The molecule has 0 heterocycles. The summed E-state index contributed by atoms with van der Waals surface area (Å²) in [7, 11) is 1.56. The molecule has 0 saturated heterocycles. The third-order valence-corrected chi connectivity index (χ3v) is 3.32. The van der Waals surface area contributed by atoms with Crippen molar-refractivity contribution >= 4 is 23.2 Å². The fourth-order valence-electron chi connectivity index (χ4n) is 1.76. The minimum atomic E-state index is -0.441. The average Bonchev–Trinajstić information content (AvgIpc) is 2.46. The maximum Gasteiger partial charge on any atom is 0.165 e. The molecule has 0 radical (unpaired) electrons. The molecule has 0 amide bonds. The van der Waals surface area contributed by atoms with Crippen LogP contribution in [0.25, 0.3) is 0 Å². The molecular weight excluding hydrogens is 302 g/mol. The molecule has 0 aliphatic carbocycles. The molecule has 0 fully saturated rings. The number of hydrogen-bond donors (Lipinski definition) is 0. The lowest BCUT2D eigenvalue weighted by atomic mass is 10.2. The van der Waals surface area contributed by atoms with Crippen molar-refractivity contribution in [2.75, 3.05) is 7.11 Å². The van der Waals surface area contributed by atoms with Crippen LogP contribution >= 0.6 is 23.2 Å². The molecule has 0 unspecified atom stereocenters. The quantitative estimate of drug-likeness (QED) is 0.738. The summed E-state index contributed by atoms with van der Waals surface area (Å²) >= 11 is 11.6. The first-order chi connectivity index (χ1) is 9.63. The maximum absolute atomic E-state index is 13.8. The number of ether oxygens (including phenoxy) is 2. The Bertz CT molecular complexity index is 602. The van der Waals surface area contributed by atoms with Gasteiger partial charge in [0.15, 0.2) is 11.6 Å². The Morgan fingerprint density at radius 1 is 1.10 bits per heavy atom. The number of benzene rings is 2. The van der Waals surface area contributed by atoms with Gasteiger partial charge in [-0.05, 0) is 35.9 Å². The Kier molecular flexibility index (Phi) is 5.10. The van der Waals surface area contributed by atoms with E-state index in [-0.39, 0.29) is 18.2 Å². The third kappa shape index (κ3) is 3.56. The molecule has 0 spiro atoms. The summed E-state index contributed by atoms with van der Waals surface area (Å²) in [6.45, 7) is 0.168. The smallest absolute Gasteiger partial charge is 0.165 e. The zero-order valence-corrected chi connectivity index (χ0v) is 12.3. The van der Waals surface area contributed by atoms with Gasteiger partial charge in [0.1, 0.15) is 12.4 Å². The average molecular weight is 315 g/mol. The standard InChI is InChI=1S/C15H13Cl2FO2/c1-19-14-5-3-12(17)7-11(14)9-20-15-4-2-10(8-16)6-13(15)18/h2-7H,8-9H2,1H3. The summed E-state index contributed by atoms with van der Waals surface area (Å²) in [4.78, 5) is 0. The van der Waals surface area contributed by atoms with Gasteiger partial charge in [-0.3, -0.25) is 0 Å². The molecule has 0 atom stereocenters. The first-order valence-electron chi connectivity index (χ1n) is 5.93. The maximum atomic E-state index is 13.8. The van der Waals surface area contributed by atoms with E-state index in [2.05, 4.69) is 0 Å². The highest BCUT2D eigenvalue weighted by Crippen LogP contribution is 2.26. The van der Waals surface area contributed by atoms with Gasteiger partial charge in [-0.25, -0.2) is 4.39 Å². The third-order valence-electron chi connectivity index (χ3n) is 2.78. The minimum Gasteiger partial charge on any atom is -0.496 e. The highest BCUT2D eigenvalue weighted by atomic mass is 35.5. The van der Waals surface area contributed by atoms with Gasteiger partial charge in [-0.15, -0.1) is 11.6 Å². The van der Waals surface area contributed by atoms with E-state index < -0.39 is 5.82 Å². The van der Waals surface area contributed by atoms with E-state index in [9.17, 15) is 4.39 Å². The zero-order valence-electron chi connectivity index (χ0n) is 10.8. The molecule has 0 N–H and O–H groups in total. The fourth-order valence-corrected chi connectivity index (χ4v) is 2.12. The van der Waals surface area contributed by atoms with E-state index >= 15 is 0 Å². The van der Waals surface area contributed by atoms with E-state index in [1.54, 1.807) is 37.4 Å². The minimum absolute atomic E-state index is 0.167. The largest absolute Gasteiger partial charge is 0.496 e. The van der Waals surface area contributed by atoms with Crippen LogP contribution in [0.15, 0.2) is 36.4 Å². The Morgan fingerprint density at radius 2 is 1.85 bits per heavy atom. The molecule has 2 nitrogen and oxygen atoms in total. The Morgan fingerprint density at radius 3 is 2.50 bits per heavy atom. The molecule has 0 saturated carbocycles. The van der Waals surface area contributed by atoms with Crippen molar-refractivity contribution in [1.29, 1.82) is 0 Å². The van der Waals surface area contributed by atoms with Gasteiger partial charge in [0.05, 0.1) is 7.11 Å². The van der Waals surface area contributed by atoms with Gasteiger partial charge in [0, 0.05) is 16.5 Å². The second-order valence-corrected chi connectivity index (χ2v) is 4.85. The van der Waals surface area contributed by atoms with E-state index in [4.69, 9.17) is 32.7 Å².